The largest absolute Gasteiger partial charge is 0.491 e. The first-order chi connectivity index (χ1) is 9.83. The molecule has 0 heterocycles. The van der Waals surface area contributed by atoms with Gasteiger partial charge in [0, 0.05) is 11.8 Å². The van der Waals surface area contributed by atoms with Crippen LogP contribution in [0.4, 0.5) is 17.1 Å². The van der Waals surface area contributed by atoms with E-state index in [1.807, 2.05) is 36.4 Å². The van der Waals surface area contributed by atoms with Gasteiger partial charge in [-0.3, -0.25) is 0 Å². The molecule has 0 aliphatic carbocycles. The molecule has 20 heavy (non-hydrogen) atoms. The number of nitrogens with one attached hydrogen (secondary N) is 1. The fraction of sp³-hybridized carbons (Fsp3) is 0.250. The lowest BCUT2D eigenvalue weighted by atomic mass is 10.2. The van der Waals surface area contributed by atoms with Crippen LogP contribution in [0.5, 0.6) is 5.75 Å². The predicted octanol–water partition coefficient (Wildman–Crippen LogP) is 5.09. The molecule has 0 atom stereocenters. The van der Waals surface area contributed by atoms with Crippen molar-refractivity contribution in [1.29, 1.82) is 5.39 Å². The normalized spacial score (nSPS) is 9.80. The average molecular weight is 268 g/mol. The minimum Gasteiger partial charge on any atom is -0.491 e. The van der Waals surface area contributed by atoms with Crippen LogP contribution in [0.25, 0.3) is 4.98 Å². The highest BCUT2D eigenvalue weighted by molar-refractivity contribution is 5.70. The smallest absolute Gasteiger partial charge is 0.388 e. The Morgan fingerprint density at radius 3 is 2.65 bits per heavy atom. The number of unbranched alkanes of at least 4 members (excludes halogenated alkanes) is 1. The van der Waals surface area contributed by atoms with E-state index in [1.54, 1.807) is 12.1 Å². The molecule has 0 aromatic heterocycles. The van der Waals surface area contributed by atoms with E-state index in [0.29, 0.717) is 18.0 Å². The van der Waals surface area contributed by atoms with Gasteiger partial charge in [-0.2, -0.15) is 0 Å². The molecule has 0 saturated carbocycles. The standard InChI is InChI=1S/C16H18N3O/c1-2-3-11-20-16-12-14(19-17)9-10-15(16)18-13-7-5-4-6-8-13/h4-10,12,18H,2-3,11H2,1H3/q+1. The molecule has 0 aliphatic rings. The highest BCUT2D eigenvalue weighted by atomic mass is 16.5. The van der Waals surface area contributed by atoms with E-state index < -0.39 is 0 Å². The molecule has 1 N–H and O–H groups in total. The van der Waals surface area contributed by atoms with Gasteiger partial charge in [0.25, 0.3) is 0 Å². The number of rotatable bonds is 6. The van der Waals surface area contributed by atoms with Crippen LogP contribution in [-0.4, -0.2) is 6.61 Å². The van der Waals surface area contributed by atoms with Crippen LogP contribution < -0.4 is 10.1 Å². The van der Waals surface area contributed by atoms with E-state index in [1.165, 1.54) is 0 Å². The maximum atomic E-state index is 8.86. The Labute approximate surface area is 119 Å². The van der Waals surface area contributed by atoms with Gasteiger partial charge >= 0.3 is 5.69 Å². The summed E-state index contributed by atoms with van der Waals surface area (Å²) >= 11 is 0. The van der Waals surface area contributed by atoms with Crippen LogP contribution in [-0.2, 0) is 0 Å². The van der Waals surface area contributed by atoms with E-state index in [4.69, 9.17) is 10.1 Å². The van der Waals surface area contributed by atoms with Gasteiger partial charge in [0.2, 0.25) is 5.39 Å². The molecule has 102 valence electrons. The minimum absolute atomic E-state index is 0.482. The molecule has 0 bridgehead atoms. The van der Waals surface area contributed by atoms with Gasteiger partial charge in [-0.15, -0.1) is 0 Å². The molecule has 0 saturated heterocycles. The fourth-order valence-electron chi connectivity index (χ4n) is 1.80. The van der Waals surface area contributed by atoms with Crippen LogP contribution in [0.1, 0.15) is 19.8 Å². The minimum atomic E-state index is 0.482. The van der Waals surface area contributed by atoms with Crippen LogP contribution in [0.3, 0.4) is 0 Å². The molecule has 0 aliphatic heterocycles. The van der Waals surface area contributed by atoms with E-state index in [0.717, 1.165) is 24.2 Å². The third-order valence-electron chi connectivity index (χ3n) is 2.89. The number of nitrogens with zero attached hydrogens (tertiary/aromatic N) is 2. The zero-order valence-corrected chi connectivity index (χ0v) is 11.5. The summed E-state index contributed by atoms with van der Waals surface area (Å²) in [4.78, 5) is 3.20. The summed E-state index contributed by atoms with van der Waals surface area (Å²) in [6.07, 6.45) is 2.07. The lowest BCUT2D eigenvalue weighted by molar-refractivity contribution is 0.311. The summed E-state index contributed by atoms with van der Waals surface area (Å²) in [6, 6.07) is 15.2. The third-order valence-corrected chi connectivity index (χ3v) is 2.89. The third kappa shape index (κ3) is 3.72. The Morgan fingerprint density at radius 1 is 1.15 bits per heavy atom. The molecule has 0 spiro atoms. The lowest BCUT2D eigenvalue weighted by Crippen LogP contribution is -2.00. The molecule has 0 unspecified atom stereocenters. The number of anilines is 2. The molecule has 0 radical (unpaired) electrons. The molecule has 2 rings (SSSR count). The van der Waals surface area contributed by atoms with Gasteiger partial charge in [0.15, 0.2) is 10.7 Å². The monoisotopic (exact) mass is 268 g/mol. The van der Waals surface area contributed by atoms with Gasteiger partial charge in [0.1, 0.15) is 0 Å². The lowest BCUT2D eigenvalue weighted by Gasteiger charge is -2.12. The topological polar surface area (TPSA) is 49.4 Å². The van der Waals surface area contributed by atoms with Crippen molar-refractivity contribution < 1.29 is 4.74 Å². The molecule has 0 fully saturated rings. The summed E-state index contributed by atoms with van der Waals surface area (Å²) in [5.74, 6) is 0.692. The molecular weight excluding hydrogens is 250 g/mol. The second-order valence-corrected chi connectivity index (χ2v) is 4.47. The summed E-state index contributed by atoms with van der Waals surface area (Å²) in [5.41, 5.74) is 2.33. The Balaban J connectivity index is 2.20. The predicted molar refractivity (Wildman–Crippen MR) is 81.3 cm³/mol. The van der Waals surface area contributed by atoms with Gasteiger partial charge in [-0.05, 0) is 24.6 Å². The molecule has 0 amide bonds. The first-order valence-corrected chi connectivity index (χ1v) is 6.77. The zero-order chi connectivity index (χ0) is 14.2. The summed E-state index contributed by atoms with van der Waals surface area (Å²) in [7, 11) is 0. The highest BCUT2D eigenvalue weighted by Crippen LogP contribution is 2.32. The maximum absolute atomic E-state index is 8.86. The van der Waals surface area contributed by atoms with Crippen molar-refractivity contribution in [3.05, 3.63) is 53.5 Å². The quantitative estimate of drug-likeness (QED) is 0.586. The summed E-state index contributed by atoms with van der Waals surface area (Å²) < 4.78 is 5.76. The van der Waals surface area contributed by atoms with Gasteiger partial charge in [-0.1, -0.05) is 31.5 Å². The van der Waals surface area contributed by atoms with Crippen molar-refractivity contribution in [2.75, 3.05) is 11.9 Å². The Morgan fingerprint density at radius 2 is 1.95 bits per heavy atom. The van der Waals surface area contributed by atoms with E-state index in [-0.39, 0.29) is 0 Å². The molecule has 4 nitrogen and oxygen atoms in total. The van der Waals surface area contributed by atoms with Crippen molar-refractivity contribution in [3.63, 3.8) is 0 Å². The maximum Gasteiger partial charge on any atom is 0.388 e. The number of benzene rings is 2. The SMILES string of the molecule is CCCCOc1cc([N+]#N)ccc1Nc1ccccc1. The second-order valence-electron chi connectivity index (χ2n) is 4.47. The van der Waals surface area contributed by atoms with Crippen molar-refractivity contribution in [1.82, 2.24) is 0 Å². The molecule has 2 aromatic rings. The van der Waals surface area contributed by atoms with Crippen molar-refractivity contribution in [2.24, 2.45) is 0 Å². The average Bonchev–Trinajstić information content (AvgIpc) is 2.50. The summed E-state index contributed by atoms with van der Waals surface area (Å²) in [5, 5.41) is 12.2. The van der Waals surface area contributed by atoms with Gasteiger partial charge in [0.05, 0.1) is 18.4 Å². The summed E-state index contributed by atoms with van der Waals surface area (Å²) in [6.45, 7) is 2.76. The Hall–Kier alpha value is -2.54. The van der Waals surface area contributed by atoms with Crippen LogP contribution >= 0.6 is 0 Å². The number of ether oxygens (including phenoxy) is 1. The van der Waals surface area contributed by atoms with E-state index >= 15 is 0 Å². The van der Waals surface area contributed by atoms with Crippen LogP contribution in [0, 0.1) is 5.39 Å². The number of hydrogen-bond acceptors (Lipinski definition) is 3. The van der Waals surface area contributed by atoms with E-state index in [9.17, 15) is 0 Å². The van der Waals surface area contributed by atoms with Crippen molar-refractivity contribution >= 4 is 17.1 Å². The molecule has 4 heteroatoms. The molecule has 2 aromatic carbocycles. The number of para-hydroxylation sites is 1. The Kier molecular flexibility index (Phi) is 4.96. The van der Waals surface area contributed by atoms with Gasteiger partial charge in [-0.25, -0.2) is 0 Å². The van der Waals surface area contributed by atoms with Crippen LogP contribution in [0.2, 0.25) is 0 Å². The fourth-order valence-corrected chi connectivity index (χ4v) is 1.80. The van der Waals surface area contributed by atoms with Crippen molar-refractivity contribution in [3.8, 4) is 5.75 Å². The van der Waals surface area contributed by atoms with Crippen molar-refractivity contribution in [2.45, 2.75) is 19.8 Å². The Bertz CT molecular complexity index is 590. The number of diazo groups is 1. The zero-order valence-electron chi connectivity index (χ0n) is 11.5. The second kappa shape index (κ2) is 7.15. The number of hydrogen-bond donors (Lipinski definition) is 1. The highest BCUT2D eigenvalue weighted by Gasteiger charge is 2.12. The first-order valence-electron chi connectivity index (χ1n) is 6.77. The van der Waals surface area contributed by atoms with E-state index in [2.05, 4.69) is 17.2 Å². The first kappa shape index (κ1) is 13.9. The van der Waals surface area contributed by atoms with Crippen LogP contribution in [0.15, 0.2) is 48.5 Å². The molecular formula is C16H18N3O+. The van der Waals surface area contributed by atoms with Gasteiger partial charge < -0.3 is 10.1 Å².